The number of amides is 2. The zero-order chi connectivity index (χ0) is 20.1. The minimum atomic E-state index is -0.340. The van der Waals surface area contributed by atoms with E-state index >= 15 is 0 Å². The molecule has 1 aliphatic rings. The van der Waals surface area contributed by atoms with Gasteiger partial charge in [-0.05, 0) is 37.6 Å². The molecular formula is C20H25N3O5. The number of nitrogens with one attached hydrogen (secondary N) is 1. The van der Waals surface area contributed by atoms with Crippen LogP contribution in [-0.4, -0.2) is 66.7 Å². The number of H-pyrrole nitrogens is 1. The highest BCUT2D eigenvalue weighted by Crippen LogP contribution is 2.19. The fourth-order valence-electron chi connectivity index (χ4n) is 3.30. The van der Waals surface area contributed by atoms with Gasteiger partial charge in [-0.25, -0.2) is 4.79 Å². The first-order chi connectivity index (χ1) is 13.5. The van der Waals surface area contributed by atoms with Crippen molar-refractivity contribution in [3.8, 4) is 5.75 Å². The summed E-state index contributed by atoms with van der Waals surface area (Å²) >= 11 is 0. The molecule has 1 aromatic heterocycles. The average Bonchev–Trinajstić information content (AvgIpc) is 2.72. The zero-order valence-corrected chi connectivity index (χ0v) is 16.2. The Balaban J connectivity index is 1.59. The van der Waals surface area contributed by atoms with E-state index in [0.717, 1.165) is 10.9 Å². The number of nitrogens with zero attached hydrogens (tertiary/aromatic N) is 2. The lowest BCUT2D eigenvalue weighted by Gasteiger charge is -2.34. The number of piperazine rings is 1. The van der Waals surface area contributed by atoms with Crippen LogP contribution < -0.4 is 10.3 Å². The van der Waals surface area contributed by atoms with E-state index in [1.54, 1.807) is 36.0 Å². The van der Waals surface area contributed by atoms with Crippen LogP contribution in [0.5, 0.6) is 5.75 Å². The molecule has 2 amide bonds. The van der Waals surface area contributed by atoms with Gasteiger partial charge in [0.2, 0.25) is 5.91 Å². The minimum absolute atomic E-state index is 0.0198. The van der Waals surface area contributed by atoms with E-state index in [9.17, 15) is 14.4 Å². The number of hydrogen-bond acceptors (Lipinski definition) is 5. The van der Waals surface area contributed by atoms with Gasteiger partial charge in [0.1, 0.15) is 5.75 Å². The number of hydrogen-bond donors (Lipinski definition) is 1. The summed E-state index contributed by atoms with van der Waals surface area (Å²) in [5.41, 5.74) is 1.12. The number of carbonyl (C=O) groups excluding carboxylic acids is 2. The van der Waals surface area contributed by atoms with Gasteiger partial charge in [-0.15, -0.1) is 0 Å². The quantitative estimate of drug-likeness (QED) is 0.844. The largest absolute Gasteiger partial charge is 0.497 e. The van der Waals surface area contributed by atoms with Crippen LogP contribution >= 0.6 is 0 Å². The van der Waals surface area contributed by atoms with Crippen LogP contribution in [-0.2, 0) is 16.0 Å². The predicted molar refractivity (Wildman–Crippen MR) is 105 cm³/mol. The Morgan fingerprint density at radius 3 is 2.50 bits per heavy atom. The molecule has 2 heterocycles. The summed E-state index contributed by atoms with van der Waals surface area (Å²) in [6, 6.07) is 7.25. The average molecular weight is 387 g/mol. The van der Waals surface area contributed by atoms with Gasteiger partial charge in [-0.1, -0.05) is 0 Å². The van der Waals surface area contributed by atoms with E-state index in [1.165, 1.54) is 0 Å². The van der Waals surface area contributed by atoms with Gasteiger partial charge in [0.25, 0.3) is 5.56 Å². The van der Waals surface area contributed by atoms with E-state index in [0.29, 0.717) is 50.5 Å². The maximum atomic E-state index is 12.5. The van der Waals surface area contributed by atoms with Crippen LogP contribution in [0.3, 0.4) is 0 Å². The second-order valence-electron chi connectivity index (χ2n) is 6.64. The van der Waals surface area contributed by atoms with Gasteiger partial charge < -0.3 is 24.3 Å². The molecule has 1 fully saturated rings. The van der Waals surface area contributed by atoms with Gasteiger partial charge in [0, 0.05) is 49.1 Å². The first kappa shape index (κ1) is 19.7. The molecule has 0 unspecified atom stereocenters. The van der Waals surface area contributed by atoms with Crippen molar-refractivity contribution in [3.05, 3.63) is 40.2 Å². The van der Waals surface area contributed by atoms with Crippen LogP contribution in [0.2, 0.25) is 0 Å². The summed E-state index contributed by atoms with van der Waals surface area (Å²) in [6.07, 6.45) is 0.268. The maximum Gasteiger partial charge on any atom is 0.409 e. The van der Waals surface area contributed by atoms with E-state index in [-0.39, 0.29) is 24.0 Å². The van der Waals surface area contributed by atoms with Gasteiger partial charge in [0.05, 0.1) is 13.7 Å². The highest BCUT2D eigenvalue weighted by Gasteiger charge is 2.24. The number of aromatic nitrogens is 1. The van der Waals surface area contributed by atoms with E-state index in [2.05, 4.69) is 4.98 Å². The topological polar surface area (TPSA) is 91.9 Å². The van der Waals surface area contributed by atoms with Crippen molar-refractivity contribution in [1.82, 2.24) is 14.8 Å². The van der Waals surface area contributed by atoms with Crippen LogP contribution in [0.15, 0.2) is 29.1 Å². The fraction of sp³-hybridized carbons (Fsp3) is 0.450. The minimum Gasteiger partial charge on any atom is -0.497 e. The summed E-state index contributed by atoms with van der Waals surface area (Å²) in [4.78, 5) is 42.7. The van der Waals surface area contributed by atoms with Crippen molar-refractivity contribution in [2.75, 3.05) is 39.9 Å². The molecule has 150 valence electrons. The molecule has 28 heavy (non-hydrogen) atoms. The number of fused-ring (bicyclic) bond motifs is 1. The van der Waals surface area contributed by atoms with Crippen molar-refractivity contribution in [2.45, 2.75) is 19.8 Å². The number of aromatic amines is 1. The molecule has 0 spiro atoms. The molecule has 8 nitrogen and oxygen atoms in total. The van der Waals surface area contributed by atoms with Crippen molar-refractivity contribution >= 4 is 22.9 Å². The molecule has 0 saturated carbocycles. The van der Waals surface area contributed by atoms with E-state index in [4.69, 9.17) is 9.47 Å². The first-order valence-electron chi connectivity index (χ1n) is 9.41. The van der Waals surface area contributed by atoms with E-state index < -0.39 is 0 Å². The molecule has 0 bridgehead atoms. The Hall–Kier alpha value is -3.03. The number of rotatable bonds is 5. The standard InChI is InChI=1S/C20H25N3O5/c1-3-28-20(26)23-10-8-22(9-11-23)18(24)7-4-14-12-15-13-16(27-2)5-6-17(15)21-19(14)25/h5-6,12-13H,3-4,7-11H2,1-2H3,(H,21,25). The molecule has 0 atom stereocenters. The van der Waals surface area contributed by atoms with Crippen molar-refractivity contribution in [3.63, 3.8) is 0 Å². The van der Waals surface area contributed by atoms with Crippen LogP contribution in [0.25, 0.3) is 10.9 Å². The molecule has 1 N–H and O–H groups in total. The summed E-state index contributed by atoms with van der Waals surface area (Å²) in [7, 11) is 1.59. The third-order valence-corrected chi connectivity index (χ3v) is 4.89. The second kappa shape index (κ2) is 8.77. The Labute approximate surface area is 163 Å². The molecule has 0 radical (unpaired) electrons. The predicted octanol–water partition coefficient (Wildman–Crippen LogP) is 1.77. The third kappa shape index (κ3) is 4.44. The molecule has 1 aliphatic heterocycles. The first-order valence-corrected chi connectivity index (χ1v) is 9.41. The second-order valence-corrected chi connectivity index (χ2v) is 6.64. The summed E-state index contributed by atoms with van der Waals surface area (Å²) < 4.78 is 10.2. The molecule has 8 heteroatoms. The molecule has 0 aliphatic carbocycles. The van der Waals surface area contributed by atoms with Crippen molar-refractivity contribution in [1.29, 1.82) is 0 Å². The maximum absolute atomic E-state index is 12.5. The van der Waals surface area contributed by atoms with Gasteiger partial charge >= 0.3 is 6.09 Å². The molecule has 1 aromatic carbocycles. The normalized spacial score (nSPS) is 14.2. The zero-order valence-electron chi connectivity index (χ0n) is 16.2. The Morgan fingerprint density at radius 2 is 1.82 bits per heavy atom. The Kier molecular flexibility index (Phi) is 6.18. The van der Waals surface area contributed by atoms with Gasteiger partial charge in [-0.2, -0.15) is 0 Å². The summed E-state index contributed by atoms with van der Waals surface area (Å²) in [5, 5.41) is 0.865. The lowest BCUT2D eigenvalue weighted by molar-refractivity contribution is -0.132. The van der Waals surface area contributed by atoms with Gasteiger partial charge in [0.15, 0.2) is 0 Å². The van der Waals surface area contributed by atoms with Crippen LogP contribution in [0.1, 0.15) is 18.9 Å². The molecule has 3 rings (SSSR count). The fourth-order valence-corrected chi connectivity index (χ4v) is 3.30. The Bertz CT molecular complexity index is 916. The number of pyridine rings is 1. The highest BCUT2D eigenvalue weighted by molar-refractivity contribution is 5.81. The number of methoxy groups -OCH3 is 1. The van der Waals surface area contributed by atoms with Crippen LogP contribution in [0.4, 0.5) is 4.79 Å². The molecule has 1 saturated heterocycles. The lowest BCUT2D eigenvalue weighted by atomic mass is 10.1. The van der Waals surface area contributed by atoms with E-state index in [1.807, 2.05) is 12.1 Å². The number of benzene rings is 1. The van der Waals surface area contributed by atoms with Gasteiger partial charge in [-0.3, -0.25) is 9.59 Å². The monoisotopic (exact) mass is 387 g/mol. The highest BCUT2D eigenvalue weighted by atomic mass is 16.6. The molecular weight excluding hydrogens is 362 g/mol. The smallest absolute Gasteiger partial charge is 0.409 e. The summed E-state index contributed by atoms with van der Waals surface area (Å²) in [6.45, 7) is 3.97. The number of carbonyl (C=O) groups is 2. The SMILES string of the molecule is CCOC(=O)N1CCN(C(=O)CCc2cc3cc(OC)ccc3[nH]c2=O)CC1. The number of ether oxygens (including phenoxy) is 2. The lowest BCUT2D eigenvalue weighted by Crippen LogP contribution is -2.50. The third-order valence-electron chi connectivity index (χ3n) is 4.89. The van der Waals surface area contributed by atoms with Crippen molar-refractivity contribution in [2.24, 2.45) is 0 Å². The van der Waals surface area contributed by atoms with Crippen molar-refractivity contribution < 1.29 is 19.1 Å². The summed E-state index contributed by atoms with van der Waals surface area (Å²) in [5.74, 6) is 0.690. The number of aryl methyl sites for hydroxylation is 1. The van der Waals surface area contributed by atoms with Crippen LogP contribution in [0, 0.1) is 0 Å². The Morgan fingerprint density at radius 1 is 1.11 bits per heavy atom. The molecule has 2 aromatic rings.